The number of rotatable bonds is 3. The Morgan fingerprint density at radius 2 is 2.24 bits per heavy atom. The van der Waals surface area contributed by atoms with Crippen molar-refractivity contribution in [2.75, 3.05) is 5.32 Å². The van der Waals surface area contributed by atoms with Crippen molar-refractivity contribution in [3.05, 3.63) is 30.3 Å². The number of anilines is 1. The van der Waals surface area contributed by atoms with Crippen LogP contribution in [0.5, 0.6) is 0 Å². The SMILES string of the molecule is CC(Nc1ncnc2ccc(F)cc12)C(N)=O. The second-order valence-corrected chi connectivity index (χ2v) is 3.65. The number of primary amides is 1. The highest BCUT2D eigenvalue weighted by atomic mass is 19.1. The van der Waals surface area contributed by atoms with Crippen molar-refractivity contribution in [1.82, 2.24) is 9.97 Å². The maximum absolute atomic E-state index is 13.1. The number of fused-ring (bicyclic) bond motifs is 1. The van der Waals surface area contributed by atoms with Gasteiger partial charge in [0.05, 0.1) is 5.52 Å². The van der Waals surface area contributed by atoms with Crippen LogP contribution >= 0.6 is 0 Å². The van der Waals surface area contributed by atoms with Gasteiger partial charge < -0.3 is 11.1 Å². The molecule has 0 aliphatic heterocycles. The molecule has 1 heterocycles. The van der Waals surface area contributed by atoms with Gasteiger partial charge in [-0.2, -0.15) is 0 Å². The smallest absolute Gasteiger partial charge is 0.239 e. The Bertz CT molecular complexity index is 572. The number of carbonyl (C=O) groups is 1. The molecule has 3 N–H and O–H groups in total. The maximum atomic E-state index is 13.1. The number of aromatic nitrogens is 2. The molecule has 0 aliphatic rings. The lowest BCUT2D eigenvalue weighted by molar-refractivity contribution is -0.118. The van der Waals surface area contributed by atoms with Gasteiger partial charge in [0.25, 0.3) is 0 Å². The molecule has 5 nitrogen and oxygen atoms in total. The fourth-order valence-electron chi connectivity index (χ4n) is 1.42. The average Bonchev–Trinajstić information content (AvgIpc) is 2.29. The molecule has 1 amide bonds. The summed E-state index contributed by atoms with van der Waals surface area (Å²) in [6.45, 7) is 1.61. The summed E-state index contributed by atoms with van der Waals surface area (Å²) in [5, 5.41) is 3.33. The van der Waals surface area contributed by atoms with Crippen molar-refractivity contribution in [1.29, 1.82) is 0 Å². The summed E-state index contributed by atoms with van der Waals surface area (Å²) < 4.78 is 13.1. The minimum Gasteiger partial charge on any atom is -0.368 e. The molecule has 0 spiro atoms. The molecule has 0 fully saturated rings. The van der Waals surface area contributed by atoms with Crippen molar-refractivity contribution in [2.24, 2.45) is 5.73 Å². The van der Waals surface area contributed by atoms with E-state index in [2.05, 4.69) is 15.3 Å². The van der Waals surface area contributed by atoms with Crippen LogP contribution in [-0.2, 0) is 4.79 Å². The first kappa shape index (κ1) is 11.3. The number of carbonyl (C=O) groups excluding carboxylic acids is 1. The van der Waals surface area contributed by atoms with Crippen molar-refractivity contribution >= 4 is 22.6 Å². The van der Waals surface area contributed by atoms with Crippen molar-refractivity contribution < 1.29 is 9.18 Å². The van der Waals surface area contributed by atoms with E-state index in [-0.39, 0.29) is 5.82 Å². The minimum absolute atomic E-state index is 0.387. The van der Waals surface area contributed by atoms with Gasteiger partial charge in [-0.15, -0.1) is 0 Å². The van der Waals surface area contributed by atoms with Gasteiger partial charge in [-0.3, -0.25) is 4.79 Å². The van der Waals surface area contributed by atoms with Gasteiger partial charge in [0.15, 0.2) is 0 Å². The fourth-order valence-corrected chi connectivity index (χ4v) is 1.42. The first-order valence-electron chi connectivity index (χ1n) is 5.04. The van der Waals surface area contributed by atoms with Gasteiger partial charge in [-0.25, -0.2) is 14.4 Å². The van der Waals surface area contributed by atoms with Gasteiger partial charge in [0.2, 0.25) is 5.91 Å². The zero-order valence-electron chi connectivity index (χ0n) is 9.14. The van der Waals surface area contributed by atoms with Gasteiger partial charge in [0.1, 0.15) is 24.0 Å². The Kier molecular flexibility index (Phi) is 2.86. The summed E-state index contributed by atoms with van der Waals surface area (Å²) in [5.74, 6) is -0.504. The Morgan fingerprint density at radius 1 is 1.47 bits per heavy atom. The third kappa shape index (κ3) is 2.30. The molecule has 17 heavy (non-hydrogen) atoms. The largest absolute Gasteiger partial charge is 0.368 e. The topological polar surface area (TPSA) is 80.9 Å². The summed E-state index contributed by atoms with van der Waals surface area (Å²) in [4.78, 5) is 18.9. The summed E-state index contributed by atoms with van der Waals surface area (Å²) in [7, 11) is 0. The van der Waals surface area contributed by atoms with Crippen LogP contribution in [0.15, 0.2) is 24.5 Å². The van der Waals surface area contributed by atoms with Crippen LogP contribution in [0.2, 0.25) is 0 Å². The van der Waals surface area contributed by atoms with Crippen molar-refractivity contribution in [2.45, 2.75) is 13.0 Å². The average molecular weight is 234 g/mol. The number of nitrogens with zero attached hydrogens (tertiary/aromatic N) is 2. The van der Waals surface area contributed by atoms with E-state index in [9.17, 15) is 9.18 Å². The van der Waals surface area contributed by atoms with Crippen LogP contribution in [0.4, 0.5) is 10.2 Å². The lowest BCUT2D eigenvalue weighted by Gasteiger charge is -2.12. The molecule has 1 atom stereocenters. The monoisotopic (exact) mass is 234 g/mol. The van der Waals surface area contributed by atoms with Gasteiger partial charge in [0, 0.05) is 5.39 Å². The van der Waals surface area contributed by atoms with Crippen molar-refractivity contribution in [3.8, 4) is 0 Å². The summed E-state index contributed by atoms with van der Waals surface area (Å²) in [6, 6.07) is 3.59. The highest BCUT2D eigenvalue weighted by Crippen LogP contribution is 2.20. The standard InChI is InChI=1S/C11H11FN4O/c1-6(10(13)17)16-11-8-4-7(12)2-3-9(8)14-5-15-11/h2-6H,1H3,(H2,13,17)(H,14,15,16). The van der Waals surface area contributed by atoms with Gasteiger partial charge in [-0.1, -0.05) is 0 Å². The molecule has 0 bridgehead atoms. The molecule has 0 saturated carbocycles. The Labute approximate surface area is 96.9 Å². The molecule has 1 aromatic carbocycles. The number of nitrogens with two attached hydrogens (primary N) is 1. The van der Waals surface area contributed by atoms with Crippen LogP contribution < -0.4 is 11.1 Å². The number of halogens is 1. The lowest BCUT2D eigenvalue weighted by Crippen LogP contribution is -2.32. The van der Waals surface area contributed by atoms with Crippen LogP contribution in [0.1, 0.15) is 6.92 Å². The molecule has 6 heteroatoms. The van der Waals surface area contributed by atoms with E-state index in [1.807, 2.05) is 0 Å². The molecule has 2 aromatic rings. The Morgan fingerprint density at radius 3 is 2.94 bits per heavy atom. The summed E-state index contributed by atoms with van der Waals surface area (Å²) >= 11 is 0. The Hall–Kier alpha value is -2.24. The van der Waals surface area contributed by atoms with E-state index in [0.717, 1.165) is 0 Å². The molecule has 0 aliphatic carbocycles. The van der Waals surface area contributed by atoms with Crippen LogP contribution in [0, 0.1) is 5.82 Å². The first-order chi connectivity index (χ1) is 8.08. The second-order valence-electron chi connectivity index (χ2n) is 3.65. The van der Waals surface area contributed by atoms with E-state index in [1.54, 1.807) is 13.0 Å². The second kappa shape index (κ2) is 4.32. The molecule has 0 radical (unpaired) electrons. The van der Waals surface area contributed by atoms with E-state index in [1.165, 1.54) is 18.5 Å². The number of benzene rings is 1. The Balaban J connectivity index is 2.46. The third-order valence-corrected chi connectivity index (χ3v) is 2.38. The maximum Gasteiger partial charge on any atom is 0.239 e. The van der Waals surface area contributed by atoms with Gasteiger partial charge in [-0.05, 0) is 25.1 Å². The minimum atomic E-state index is -0.587. The highest BCUT2D eigenvalue weighted by molar-refractivity contribution is 5.91. The summed E-state index contributed by atoms with van der Waals surface area (Å²) in [5.41, 5.74) is 5.74. The van der Waals surface area contributed by atoms with E-state index in [0.29, 0.717) is 16.7 Å². The third-order valence-electron chi connectivity index (χ3n) is 2.38. The highest BCUT2D eigenvalue weighted by Gasteiger charge is 2.11. The van der Waals surface area contributed by atoms with Crippen molar-refractivity contribution in [3.63, 3.8) is 0 Å². The fraction of sp³-hybridized carbons (Fsp3) is 0.182. The predicted octanol–water partition coefficient (Wildman–Crippen LogP) is 1.05. The molecule has 1 unspecified atom stereocenters. The first-order valence-corrected chi connectivity index (χ1v) is 5.04. The normalized spacial score (nSPS) is 12.4. The number of hydrogen-bond acceptors (Lipinski definition) is 4. The number of hydrogen-bond donors (Lipinski definition) is 2. The molecule has 0 saturated heterocycles. The van der Waals surface area contributed by atoms with E-state index < -0.39 is 11.9 Å². The molecule has 1 aromatic heterocycles. The van der Waals surface area contributed by atoms with E-state index in [4.69, 9.17) is 5.73 Å². The predicted molar refractivity (Wildman–Crippen MR) is 61.8 cm³/mol. The molecule has 2 rings (SSSR count). The quantitative estimate of drug-likeness (QED) is 0.831. The van der Waals surface area contributed by atoms with Gasteiger partial charge >= 0.3 is 0 Å². The van der Waals surface area contributed by atoms with Crippen LogP contribution in [0.3, 0.4) is 0 Å². The molecular weight excluding hydrogens is 223 g/mol. The summed E-state index contributed by atoms with van der Waals surface area (Å²) in [6.07, 6.45) is 1.34. The van der Waals surface area contributed by atoms with Crippen LogP contribution in [-0.4, -0.2) is 21.9 Å². The lowest BCUT2D eigenvalue weighted by atomic mass is 10.2. The zero-order valence-corrected chi connectivity index (χ0v) is 9.14. The molecule has 88 valence electrons. The van der Waals surface area contributed by atoms with E-state index >= 15 is 0 Å². The number of amides is 1. The van der Waals surface area contributed by atoms with Crippen LogP contribution in [0.25, 0.3) is 10.9 Å². The zero-order chi connectivity index (χ0) is 12.4. The number of nitrogens with one attached hydrogen (secondary N) is 1. The molecular formula is C11H11FN4O.